The third kappa shape index (κ3) is 3.83. The Morgan fingerprint density at radius 3 is 2.88 bits per heavy atom. The van der Waals surface area contributed by atoms with E-state index in [-0.39, 0.29) is 11.9 Å². The van der Waals surface area contributed by atoms with Crippen molar-refractivity contribution in [3.8, 4) is 0 Å². The first-order chi connectivity index (χ1) is 11.5. The van der Waals surface area contributed by atoms with Gasteiger partial charge in [0.1, 0.15) is 6.04 Å². The second kappa shape index (κ2) is 6.88. The van der Waals surface area contributed by atoms with E-state index in [0.29, 0.717) is 11.6 Å². The van der Waals surface area contributed by atoms with E-state index < -0.39 is 0 Å². The number of rotatable bonds is 5. The zero-order chi connectivity index (χ0) is 17.1. The van der Waals surface area contributed by atoms with Crippen LogP contribution in [0.25, 0.3) is 0 Å². The highest BCUT2D eigenvalue weighted by molar-refractivity contribution is 6.30. The molecule has 2 aromatic heterocycles. The molecule has 1 aromatic carbocycles. The van der Waals surface area contributed by atoms with Crippen LogP contribution in [-0.4, -0.2) is 25.5 Å². The molecule has 0 radical (unpaired) electrons. The van der Waals surface area contributed by atoms with Crippen LogP contribution in [-0.2, 0) is 11.3 Å². The molecule has 7 heteroatoms. The molecule has 6 nitrogen and oxygen atoms in total. The second-order valence-electron chi connectivity index (χ2n) is 5.66. The van der Waals surface area contributed by atoms with Crippen LogP contribution in [0.2, 0.25) is 5.02 Å². The van der Waals surface area contributed by atoms with Gasteiger partial charge in [0.15, 0.2) is 0 Å². The molecule has 0 aliphatic heterocycles. The molecule has 1 amide bonds. The van der Waals surface area contributed by atoms with Gasteiger partial charge in [-0.05, 0) is 37.6 Å². The molecule has 0 bridgehead atoms. The van der Waals surface area contributed by atoms with Gasteiger partial charge in [-0.25, -0.2) is 0 Å². The number of aromatic nitrogens is 4. The van der Waals surface area contributed by atoms with Crippen molar-refractivity contribution in [1.82, 2.24) is 19.6 Å². The SMILES string of the molecule is Cc1ccn(C(C)C(=O)Nc2cccc(Cn3cc(Cl)cn3)c2)n1. The van der Waals surface area contributed by atoms with Crippen molar-refractivity contribution >= 4 is 23.2 Å². The summed E-state index contributed by atoms with van der Waals surface area (Å²) in [5.74, 6) is -0.114. The highest BCUT2D eigenvalue weighted by Crippen LogP contribution is 2.15. The topological polar surface area (TPSA) is 64.7 Å². The third-order valence-electron chi connectivity index (χ3n) is 3.66. The van der Waals surface area contributed by atoms with Crippen molar-refractivity contribution in [1.29, 1.82) is 0 Å². The smallest absolute Gasteiger partial charge is 0.248 e. The Morgan fingerprint density at radius 1 is 1.38 bits per heavy atom. The summed E-state index contributed by atoms with van der Waals surface area (Å²) in [4.78, 5) is 12.4. The standard InChI is InChI=1S/C17H18ClN5O/c1-12-6-7-23(21-12)13(2)17(24)20-16-5-3-4-14(8-16)10-22-11-15(18)9-19-22/h3-9,11,13H,10H2,1-2H3,(H,20,24). The predicted octanol–water partition coefficient (Wildman–Crippen LogP) is 3.29. The molecule has 0 aliphatic rings. The van der Waals surface area contributed by atoms with Gasteiger partial charge in [0.25, 0.3) is 0 Å². The zero-order valence-corrected chi connectivity index (χ0v) is 14.2. The summed E-state index contributed by atoms with van der Waals surface area (Å²) in [5.41, 5.74) is 2.65. The van der Waals surface area contributed by atoms with Crippen LogP contribution in [0.3, 0.4) is 0 Å². The summed E-state index contributed by atoms with van der Waals surface area (Å²) < 4.78 is 3.40. The van der Waals surface area contributed by atoms with Gasteiger partial charge in [0.2, 0.25) is 5.91 Å². The molecule has 1 atom stereocenters. The lowest BCUT2D eigenvalue weighted by atomic mass is 10.2. The number of aryl methyl sites for hydroxylation is 1. The van der Waals surface area contributed by atoms with Crippen molar-refractivity contribution < 1.29 is 4.79 Å². The van der Waals surface area contributed by atoms with Crippen LogP contribution < -0.4 is 5.32 Å². The lowest BCUT2D eigenvalue weighted by Crippen LogP contribution is -2.24. The normalized spacial score (nSPS) is 12.1. The minimum atomic E-state index is -0.382. The molecule has 3 aromatic rings. The predicted molar refractivity (Wildman–Crippen MR) is 93.1 cm³/mol. The second-order valence-corrected chi connectivity index (χ2v) is 6.10. The van der Waals surface area contributed by atoms with Gasteiger partial charge < -0.3 is 5.32 Å². The monoisotopic (exact) mass is 343 g/mol. The quantitative estimate of drug-likeness (QED) is 0.773. The molecule has 2 heterocycles. The van der Waals surface area contributed by atoms with Crippen molar-refractivity contribution in [3.05, 3.63) is 65.2 Å². The summed E-state index contributed by atoms with van der Waals surface area (Å²) in [5, 5.41) is 12.0. The number of benzene rings is 1. The van der Waals surface area contributed by atoms with Crippen LogP contribution in [0, 0.1) is 6.92 Å². The first-order valence-electron chi connectivity index (χ1n) is 7.61. The number of nitrogens with one attached hydrogen (secondary N) is 1. The molecule has 0 saturated heterocycles. The Bertz CT molecular complexity index is 854. The fourth-order valence-corrected chi connectivity index (χ4v) is 2.53. The lowest BCUT2D eigenvalue weighted by Gasteiger charge is -2.13. The summed E-state index contributed by atoms with van der Waals surface area (Å²) in [6.07, 6.45) is 5.16. The maximum Gasteiger partial charge on any atom is 0.248 e. The van der Waals surface area contributed by atoms with Crippen LogP contribution in [0.4, 0.5) is 5.69 Å². The van der Waals surface area contributed by atoms with Crippen molar-refractivity contribution in [2.75, 3.05) is 5.32 Å². The molecule has 24 heavy (non-hydrogen) atoms. The van der Waals surface area contributed by atoms with E-state index >= 15 is 0 Å². The van der Waals surface area contributed by atoms with E-state index in [1.54, 1.807) is 28.0 Å². The maximum atomic E-state index is 12.4. The van der Waals surface area contributed by atoms with Crippen LogP contribution in [0.1, 0.15) is 24.2 Å². The molecule has 1 N–H and O–H groups in total. The van der Waals surface area contributed by atoms with Crippen LogP contribution in [0.5, 0.6) is 0 Å². The van der Waals surface area contributed by atoms with E-state index in [2.05, 4.69) is 15.5 Å². The number of amides is 1. The summed E-state index contributed by atoms with van der Waals surface area (Å²) in [6.45, 7) is 4.30. The van der Waals surface area contributed by atoms with Crippen LogP contribution in [0.15, 0.2) is 48.9 Å². The fraction of sp³-hybridized carbons (Fsp3) is 0.235. The first-order valence-corrected chi connectivity index (χ1v) is 7.98. The highest BCUT2D eigenvalue weighted by atomic mass is 35.5. The lowest BCUT2D eigenvalue weighted by molar-refractivity contribution is -0.119. The molecule has 0 saturated carbocycles. The largest absolute Gasteiger partial charge is 0.324 e. The van der Waals surface area contributed by atoms with E-state index in [9.17, 15) is 4.79 Å². The minimum absolute atomic E-state index is 0.114. The van der Waals surface area contributed by atoms with E-state index in [1.807, 2.05) is 44.2 Å². The number of hydrogen-bond donors (Lipinski definition) is 1. The molecule has 1 unspecified atom stereocenters. The van der Waals surface area contributed by atoms with Gasteiger partial charge in [-0.1, -0.05) is 23.7 Å². The average molecular weight is 344 g/mol. The third-order valence-corrected chi connectivity index (χ3v) is 3.85. The Morgan fingerprint density at radius 2 is 2.21 bits per heavy atom. The zero-order valence-electron chi connectivity index (χ0n) is 13.5. The van der Waals surface area contributed by atoms with Gasteiger partial charge >= 0.3 is 0 Å². The number of anilines is 1. The molecule has 0 spiro atoms. The molecule has 3 rings (SSSR count). The van der Waals surface area contributed by atoms with E-state index in [1.165, 1.54) is 0 Å². The highest BCUT2D eigenvalue weighted by Gasteiger charge is 2.15. The van der Waals surface area contributed by atoms with Gasteiger partial charge in [-0.2, -0.15) is 10.2 Å². The van der Waals surface area contributed by atoms with Gasteiger partial charge in [-0.3, -0.25) is 14.2 Å². The molecular weight excluding hydrogens is 326 g/mol. The molecular formula is C17H18ClN5O. The van der Waals surface area contributed by atoms with Crippen molar-refractivity contribution in [3.63, 3.8) is 0 Å². The Hall–Kier alpha value is -2.60. The maximum absolute atomic E-state index is 12.4. The van der Waals surface area contributed by atoms with Gasteiger partial charge in [-0.15, -0.1) is 0 Å². The Balaban J connectivity index is 1.68. The van der Waals surface area contributed by atoms with Crippen molar-refractivity contribution in [2.24, 2.45) is 0 Å². The Kier molecular flexibility index (Phi) is 4.66. The van der Waals surface area contributed by atoms with Crippen molar-refractivity contribution in [2.45, 2.75) is 26.4 Å². The van der Waals surface area contributed by atoms with E-state index in [4.69, 9.17) is 11.6 Å². The number of halogens is 1. The number of nitrogens with zero attached hydrogens (tertiary/aromatic N) is 4. The number of carbonyl (C=O) groups excluding carboxylic acids is 1. The van der Waals surface area contributed by atoms with Crippen LogP contribution >= 0.6 is 11.6 Å². The Labute approximate surface area is 145 Å². The molecule has 124 valence electrons. The number of carbonyl (C=O) groups is 1. The summed E-state index contributed by atoms with van der Waals surface area (Å²) in [6, 6.07) is 9.16. The average Bonchev–Trinajstić information content (AvgIpc) is 3.15. The fourth-order valence-electron chi connectivity index (χ4n) is 2.37. The molecule has 0 fully saturated rings. The first kappa shape index (κ1) is 16.3. The number of hydrogen-bond acceptors (Lipinski definition) is 3. The summed E-state index contributed by atoms with van der Waals surface area (Å²) >= 11 is 5.87. The van der Waals surface area contributed by atoms with Gasteiger partial charge in [0, 0.05) is 18.1 Å². The summed E-state index contributed by atoms with van der Waals surface area (Å²) in [7, 11) is 0. The molecule has 0 aliphatic carbocycles. The van der Waals surface area contributed by atoms with E-state index in [0.717, 1.165) is 16.9 Å². The minimum Gasteiger partial charge on any atom is -0.324 e. The van der Waals surface area contributed by atoms with Gasteiger partial charge in [0.05, 0.1) is 23.5 Å².